The summed E-state index contributed by atoms with van der Waals surface area (Å²) in [5, 5.41) is 10.2. The van der Waals surface area contributed by atoms with Crippen LogP contribution in [-0.2, 0) is 4.79 Å². The lowest BCUT2D eigenvalue weighted by Gasteiger charge is -2.62. The molecule has 1 N–H and O–H groups in total. The van der Waals surface area contributed by atoms with Gasteiger partial charge < -0.3 is 14.7 Å². The summed E-state index contributed by atoms with van der Waals surface area (Å²) in [4.78, 5) is 27.7. The predicted octanol–water partition coefficient (Wildman–Crippen LogP) is 1.59. The molecule has 3 unspecified atom stereocenters. The first-order chi connectivity index (χ1) is 12.2. The number of carbonyl (C=O) groups excluding carboxylic acids is 1. The summed E-state index contributed by atoms with van der Waals surface area (Å²) in [7, 11) is 0. The molecule has 130 valence electrons. The molecule has 4 rings (SSSR count). The van der Waals surface area contributed by atoms with Crippen molar-refractivity contribution in [1.82, 2.24) is 19.9 Å². The van der Waals surface area contributed by atoms with Crippen LogP contribution in [0.25, 0.3) is 11.0 Å². The van der Waals surface area contributed by atoms with Gasteiger partial charge in [-0.3, -0.25) is 4.90 Å². The van der Waals surface area contributed by atoms with Gasteiger partial charge >= 0.3 is 0 Å². The number of aldehydes is 1. The predicted molar refractivity (Wildman–Crippen MR) is 94.0 cm³/mol. The van der Waals surface area contributed by atoms with Crippen LogP contribution in [-0.4, -0.2) is 57.9 Å². The number of hydrogen-bond acceptors (Lipinski definition) is 6. The topological polar surface area (TPSA) is 88.9 Å². The lowest BCUT2D eigenvalue weighted by Crippen LogP contribution is -2.72. The quantitative estimate of drug-likeness (QED) is 0.852. The van der Waals surface area contributed by atoms with E-state index >= 15 is 0 Å². The second-order valence-electron chi connectivity index (χ2n) is 7.24. The summed E-state index contributed by atoms with van der Waals surface area (Å²) in [6.07, 6.45) is 6.45. The Morgan fingerprint density at radius 2 is 2.44 bits per heavy atom. The zero-order valence-electron chi connectivity index (χ0n) is 14.4. The molecule has 3 atom stereocenters. The Morgan fingerprint density at radius 3 is 3.20 bits per heavy atom. The monoisotopic (exact) mass is 338 g/mol. The van der Waals surface area contributed by atoms with E-state index < -0.39 is 5.92 Å². The minimum atomic E-state index is -0.546. The molecule has 4 heterocycles. The largest absolute Gasteiger partial charge is 0.354 e. The molecule has 0 aliphatic carbocycles. The Balaban J connectivity index is 1.61. The number of rotatable bonds is 4. The second-order valence-corrected chi connectivity index (χ2v) is 7.24. The van der Waals surface area contributed by atoms with Gasteiger partial charge in [0.2, 0.25) is 0 Å². The lowest BCUT2D eigenvalue weighted by molar-refractivity contribution is -0.115. The van der Waals surface area contributed by atoms with Crippen LogP contribution in [0.5, 0.6) is 0 Å². The number of fused-ring (bicyclic) bond motifs is 1. The summed E-state index contributed by atoms with van der Waals surface area (Å²) < 4.78 is 0. The number of nitriles is 1. The third-order valence-electron chi connectivity index (χ3n) is 5.92. The van der Waals surface area contributed by atoms with Gasteiger partial charge in [-0.2, -0.15) is 5.26 Å². The third kappa shape index (κ3) is 2.48. The molecule has 2 fully saturated rings. The van der Waals surface area contributed by atoms with Gasteiger partial charge in [0.25, 0.3) is 0 Å². The fraction of sp³-hybridized carbons (Fsp3) is 0.556. The number of likely N-dealkylation sites (tertiary alicyclic amines) is 1. The maximum atomic E-state index is 11.1. The molecule has 1 spiro atoms. The molecule has 0 saturated carbocycles. The molecule has 2 saturated heterocycles. The Labute approximate surface area is 146 Å². The first-order valence-electron chi connectivity index (χ1n) is 8.81. The first kappa shape index (κ1) is 16.0. The number of aromatic amines is 1. The molecule has 2 aromatic heterocycles. The van der Waals surface area contributed by atoms with E-state index in [1.807, 2.05) is 12.3 Å². The van der Waals surface area contributed by atoms with Crippen molar-refractivity contribution < 1.29 is 4.79 Å². The number of H-pyrrole nitrogens is 1. The van der Waals surface area contributed by atoms with Gasteiger partial charge in [0, 0.05) is 37.9 Å². The van der Waals surface area contributed by atoms with Gasteiger partial charge in [-0.05, 0) is 24.8 Å². The van der Waals surface area contributed by atoms with Crippen LogP contribution in [0.15, 0.2) is 18.6 Å². The van der Waals surface area contributed by atoms with Crippen molar-refractivity contribution in [2.24, 2.45) is 11.8 Å². The smallest absolute Gasteiger partial charge is 0.142 e. The summed E-state index contributed by atoms with van der Waals surface area (Å²) in [5.41, 5.74) is 0.887. The van der Waals surface area contributed by atoms with Crippen molar-refractivity contribution in [3.8, 4) is 6.07 Å². The average molecular weight is 338 g/mol. The van der Waals surface area contributed by atoms with Gasteiger partial charge in [0.1, 0.15) is 30.0 Å². The van der Waals surface area contributed by atoms with E-state index in [0.29, 0.717) is 12.5 Å². The van der Waals surface area contributed by atoms with Crippen molar-refractivity contribution in [3.05, 3.63) is 18.6 Å². The molecule has 25 heavy (non-hydrogen) atoms. The number of anilines is 1. The second kappa shape index (κ2) is 6.12. The number of hydrogen-bond donors (Lipinski definition) is 1. The molecule has 2 aromatic rings. The van der Waals surface area contributed by atoms with Gasteiger partial charge in [0.15, 0.2) is 0 Å². The number of aromatic nitrogens is 3. The first-order valence-corrected chi connectivity index (χ1v) is 8.81. The average Bonchev–Trinajstić information content (AvgIpc) is 3.14. The molecule has 0 bridgehead atoms. The Bertz CT molecular complexity index is 826. The van der Waals surface area contributed by atoms with Crippen LogP contribution in [0.4, 0.5) is 5.82 Å². The molecule has 2 aliphatic rings. The minimum absolute atomic E-state index is 0.0317. The number of nitrogens with zero attached hydrogens (tertiary/aromatic N) is 5. The summed E-state index contributed by atoms with van der Waals surface area (Å²) in [6.45, 7) is 5.59. The standard InChI is InChI=1S/C18H22N6O/c1-13-8-24(9-14(7-19)10-25)18(13)4-2-6-23(11-18)17-15-3-5-20-16(15)21-12-22-17/h3,5,10,12-14H,2,4,6,8-9,11H2,1H3,(H,20,21,22). The van der Waals surface area contributed by atoms with Crippen molar-refractivity contribution in [1.29, 1.82) is 5.26 Å². The van der Waals surface area contributed by atoms with Crippen molar-refractivity contribution in [2.45, 2.75) is 25.3 Å². The Kier molecular flexibility index (Phi) is 3.92. The number of nitrogens with one attached hydrogen (secondary N) is 1. The van der Waals surface area contributed by atoms with Gasteiger partial charge in [0.05, 0.1) is 11.5 Å². The highest BCUT2D eigenvalue weighted by Crippen LogP contribution is 2.44. The highest BCUT2D eigenvalue weighted by Gasteiger charge is 2.53. The molecule has 2 aliphatic heterocycles. The maximum Gasteiger partial charge on any atom is 0.142 e. The lowest BCUT2D eigenvalue weighted by atomic mass is 9.69. The van der Waals surface area contributed by atoms with Gasteiger partial charge in [-0.15, -0.1) is 0 Å². The SMILES string of the molecule is CC1CN(CC(C#N)C=O)C12CCCN(c1ncnc3[nH]ccc13)C2. The van der Waals surface area contributed by atoms with Crippen LogP contribution in [0.3, 0.4) is 0 Å². The summed E-state index contributed by atoms with van der Waals surface area (Å²) in [6, 6.07) is 4.12. The maximum absolute atomic E-state index is 11.1. The molecule has 0 aromatic carbocycles. The highest BCUT2D eigenvalue weighted by molar-refractivity contribution is 5.87. The molecule has 7 heteroatoms. The van der Waals surface area contributed by atoms with Crippen molar-refractivity contribution in [3.63, 3.8) is 0 Å². The van der Waals surface area contributed by atoms with E-state index in [4.69, 9.17) is 5.26 Å². The van der Waals surface area contributed by atoms with E-state index in [1.165, 1.54) is 0 Å². The normalized spacial score (nSPS) is 27.8. The van der Waals surface area contributed by atoms with Crippen molar-refractivity contribution in [2.75, 3.05) is 31.1 Å². The van der Waals surface area contributed by atoms with Gasteiger partial charge in [-0.1, -0.05) is 6.92 Å². The summed E-state index contributed by atoms with van der Waals surface area (Å²) in [5.74, 6) is 0.969. The van der Waals surface area contributed by atoms with E-state index in [2.05, 4.69) is 37.7 Å². The third-order valence-corrected chi connectivity index (χ3v) is 5.92. The van der Waals surface area contributed by atoms with E-state index in [1.54, 1.807) is 6.33 Å². The molecular weight excluding hydrogens is 316 g/mol. The molecule has 7 nitrogen and oxygen atoms in total. The number of piperidine rings is 1. The van der Waals surface area contributed by atoms with Gasteiger partial charge in [-0.25, -0.2) is 9.97 Å². The van der Waals surface area contributed by atoms with Crippen LogP contribution in [0.2, 0.25) is 0 Å². The van der Waals surface area contributed by atoms with Crippen LogP contribution in [0.1, 0.15) is 19.8 Å². The van der Waals surface area contributed by atoms with E-state index in [-0.39, 0.29) is 5.54 Å². The Morgan fingerprint density at radius 1 is 1.56 bits per heavy atom. The zero-order chi connectivity index (χ0) is 17.4. The van der Waals surface area contributed by atoms with E-state index in [0.717, 1.165) is 55.6 Å². The van der Waals surface area contributed by atoms with E-state index in [9.17, 15) is 4.79 Å². The van der Waals surface area contributed by atoms with Crippen LogP contribution < -0.4 is 4.90 Å². The molecule has 0 amide bonds. The van der Waals surface area contributed by atoms with Crippen molar-refractivity contribution >= 4 is 23.1 Å². The highest BCUT2D eigenvalue weighted by atomic mass is 16.1. The molecule has 0 radical (unpaired) electrons. The minimum Gasteiger partial charge on any atom is -0.354 e. The summed E-state index contributed by atoms with van der Waals surface area (Å²) >= 11 is 0. The Hall–Kier alpha value is -2.46. The number of carbonyl (C=O) groups is 1. The fourth-order valence-electron chi connectivity index (χ4n) is 4.51. The molecular formula is C18H22N6O. The zero-order valence-corrected chi connectivity index (χ0v) is 14.4. The van der Waals surface area contributed by atoms with Crippen LogP contribution >= 0.6 is 0 Å². The van der Waals surface area contributed by atoms with Crippen LogP contribution in [0, 0.1) is 23.2 Å². The fourth-order valence-corrected chi connectivity index (χ4v) is 4.51.